The number of hydrogen-bond donors (Lipinski definition) is 0. The van der Waals surface area contributed by atoms with Crippen molar-refractivity contribution in [3.8, 4) is 11.3 Å². The van der Waals surface area contributed by atoms with E-state index in [1.165, 1.54) is 6.92 Å². The Morgan fingerprint density at radius 3 is 2.62 bits per heavy atom. The fraction of sp³-hybridized carbons (Fsp3) is 0.455. The maximum Gasteiger partial charge on any atom is 0.244 e. The molecule has 2 aliphatic rings. The molecule has 0 radical (unpaired) electrons. The Balaban J connectivity index is 1.55. The minimum atomic E-state index is -0.139. The summed E-state index contributed by atoms with van der Waals surface area (Å²) in [5.74, 6) is 0.896. The van der Waals surface area contributed by atoms with Crippen LogP contribution >= 0.6 is 0 Å². The summed E-state index contributed by atoms with van der Waals surface area (Å²) in [5, 5.41) is 5.27. The molecular weight excluding hydrogens is 402 g/mol. The highest BCUT2D eigenvalue weighted by molar-refractivity contribution is 6.90. The Labute approximate surface area is 188 Å². The Morgan fingerprint density at radius 1 is 1.25 bits per heavy atom. The molecule has 1 aliphatic heterocycles. The Bertz CT molecular complexity index is 1260. The lowest BCUT2D eigenvalue weighted by atomic mass is 9.49. The minimum Gasteiger partial charge on any atom is -0.343 e. The van der Waals surface area contributed by atoms with Crippen molar-refractivity contribution in [3.05, 3.63) is 35.7 Å². The lowest BCUT2D eigenvalue weighted by Gasteiger charge is -2.27. The van der Waals surface area contributed by atoms with E-state index in [-0.39, 0.29) is 29.6 Å². The molecular formula is C22H26B2N6O2. The van der Waals surface area contributed by atoms with Gasteiger partial charge in [0.25, 0.3) is 0 Å². The Morgan fingerprint density at radius 2 is 1.97 bits per heavy atom. The maximum absolute atomic E-state index is 13.4. The fourth-order valence-electron chi connectivity index (χ4n) is 5.30. The van der Waals surface area contributed by atoms with Gasteiger partial charge >= 0.3 is 0 Å². The third-order valence-corrected chi connectivity index (χ3v) is 7.09. The topological polar surface area (TPSA) is 93.9 Å². The molecule has 2 fully saturated rings. The van der Waals surface area contributed by atoms with Crippen molar-refractivity contribution in [2.24, 2.45) is 5.41 Å². The van der Waals surface area contributed by atoms with Gasteiger partial charge in [-0.25, -0.2) is 9.97 Å². The van der Waals surface area contributed by atoms with Crippen LogP contribution in [0.25, 0.3) is 22.2 Å². The Hall–Kier alpha value is -3.03. The van der Waals surface area contributed by atoms with E-state index in [0.717, 1.165) is 36.8 Å². The molecule has 0 N–H and O–H groups in total. The summed E-state index contributed by atoms with van der Waals surface area (Å²) in [5.41, 5.74) is 3.53. The molecule has 1 aliphatic carbocycles. The zero-order chi connectivity index (χ0) is 22.8. The summed E-state index contributed by atoms with van der Waals surface area (Å²) in [6.07, 6.45) is 5.60. The number of aromatic nitrogens is 5. The van der Waals surface area contributed by atoms with Gasteiger partial charge in [0.2, 0.25) is 5.91 Å². The van der Waals surface area contributed by atoms with E-state index in [1.54, 1.807) is 17.1 Å². The summed E-state index contributed by atoms with van der Waals surface area (Å²) in [6.45, 7) is 7.60. The number of Topliss-reactive ketones (excluding diaryl/α,β-unsaturated/α-hetero) is 1. The number of piperidine rings is 1. The van der Waals surface area contributed by atoms with Crippen LogP contribution in [-0.4, -0.2) is 68.2 Å². The zero-order valence-electron chi connectivity index (χ0n) is 19.2. The summed E-state index contributed by atoms with van der Waals surface area (Å²) >= 11 is 0. The number of ketones is 1. The van der Waals surface area contributed by atoms with E-state index in [2.05, 4.69) is 34.6 Å². The molecule has 0 aromatic carbocycles. The minimum absolute atomic E-state index is 0.0676. The number of pyridine rings is 1. The van der Waals surface area contributed by atoms with Crippen molar-refractivity contribution in [1.29, 1.82) is 0 Å². The van der Waals surface area contributed by atoms with Crippen LogP contribution in [0.2, 0.25) is 0 Å². The first-order valence-corrected chi connectivity index (χ1v) is 11.2. The van der Waals surface area contributed by atoms with Crippen molar-refractivity contribution >= 4 is 37.5 Å². The summed E-state index contributed by atoms with van der Waals surface area (Å²) in [7, 11) is 3.10. The molecule has 3 aromatic rings. The molecule has 0 bridgehead atoms. The SMILES string of the molecule is BBC1CC2(C)CC2N1C(=O)Cn1nc(C(C)=O)c2cc(-c3cnc(C)nc3)nc(C)c21. The number of amides is 1. The standard InChI is InChI=1S/C22H26B2N6O2/c1-11-21-15(5-16(27-11)14-8-25-13(3)26-9-14)20(12(2)31)28-29(21)10-19(32)30-17-6-22(17,4)7-18(30)24-23/h5,8-9,17-18,24H,6-7,10,23H2,1-4H3. The van der Waals surface area contributed by atoms with Crippen molar-refractivity contribution in [2.45, 2.75) is 59.1 Å². The van der Waals surface area contributed by atoms with Gasteiger partial charge in [-0.2, -0.15) is 5.10 Å². The van der Waals surface area contributed by atoms with Gasteiger partial charge in [-0.15, -0.1) is 0 Å². The predicted molar refractivity (Wildman–Crippen MR) is 125 cm³/mol. The van der Waals surface area contributed by atoms with E-state index in [0.29, 0.717) is 28.6 Å². The van der Waals surface area contributed by atoms with Crippen molar-refractivity contribution < 1.29 is 9.59 Å². The fourth-order valence-corrected chi connectivity index (χ4v) is 5.30. The van der Waals surface area contributed by atoms with Gasteiger partial charge in [0.15, 0.2) is 5.78 Å². The van der Waals surface area contributed by atoms with Crippen LogP contribution in [0.4, 0.5) is 0 Å². The average Bonchev–Trinajstić information content (AvgIpc) is 3.11. The first-order chi connectivity index (χ1) is 15.2. The van der Waals surface area contributed by atoms with Gasteiger partial charge in [0.1, 0.15) is 25.2 Å². The number of carbonyl (C=O) groups is 2. The smallest absolute Gasteiger partial charge is 0.244 e. The third-order valence-electron chi connectivity index (χ3n) is 7.09. The molecule has 8 nitrogen and oxygen atoms in total. The molecule has 3 unspecified atom stereocenters. The number of fused-ring (bicyclic) bond motifs is 2. The number of nitrogens with zero attached hydrogens (tertiary/aromatic N) is 6. The van der Waals surface area contributed by atoms with Crippen molar-refractivity contribution in [3.63, 3.8) is 0 Å². The highest BCUT2D eigenvalue weighted by atomic mass is 16.2. The van der Waals surface area contributed by atoms with E-state index < -0.39 is 0 Å². The molecule has 0 spiro atoms. The third kappa shape index (κ3) is 3.24. The predicted octanol–water partition coefficient (Wildman–Crippen LogP) is 1.03. The molecule has 32 heavy (non-hydrogen) atoms. The van der Waals surface area contributed by atoms with Crippen LogP contribution in [0.5, 0.6) is 0 Å². The molecule has 10 heteroatoms. The second kappa shape index (κ2) is 7.25. The zero-order valence-corrected chi connectivity index (χ0v) is 19.2. The molecule has 4 heterocycles. The lowest BCUT2D eigenvalue weighted by molar-refractivity contribution is -0.132. The number of carbonyl (C=O) groups excluding carboxylic acids is 2. The van der Waals surface area contributed by atoms with Gasteiger partial charge in [0, 0.05) is 36.3 Å². The van der Waals surface area contributed by atoms with Gasteiger partial charge in [-0.3, -0.25) is 19.3 Å². The molecule has 1 saturated carbocycles. The monoisotopic (exact) mass is 428 g/mol. The molecule has 1 saturated heterocycles. The molecule has 162 valence electrons. The first-order valence-electron chi connectivity index (χ1n) is 11.2. The largest absolute Gasteiger partial charge is 0.343 e. The van der Waals surface area contributed by atoms with Gasteiger partial charge in [-0.05, 0) is 44.1 Å². The second-order valence-electron chi connectivity index (χ2n) is 9.51. The van der Waals surface area contributed by atoms with Crippen LogP contribution in [0.3, 0.4) is 0 Å². The van der Waals surface area contributed by atoms with Crippen LogP contribution in [-0.2, 0) is 11.3 Å². The van der Waals surface area contributed by atoms with Crippen LogP contribution in [0.1, 0.15) is 48.7 Å². The molecule has 3 aromatic heterocycles. The average molecular weight is 428 g/mol. The Kier molecular flexibility index (Phi) is 4.72. The van der Waals surface area contributed by atoms with Crippen LogP contribution in [0.15, 0.2) is 18.5 Å². The van der Waals surface area contributed by atoms with Gasteiger partial charge in [-0.1, -0.05) is 6.92 Å². The molecule has 3 atom stereocenters. The second-order valence-corrected chi connectivity index (χ2v) is 9.51. The van der Waals surface area contributed by atoms with Gasteiger partial charge < -0.3 is 4.90 Å². The van der Waals surface area contributed by atoms with Crippen molar-refractivity contribution in [2.75, 3.05) is 0 Å². The first kappa shape index (κ1) is 20.8. The van der Waals surface area contributed by atoms with E-state index in [4.69, 9.17) is 4.98 Å². The van der Waals surface area contributed by atoms with E-state index in [1.807, 2.05) is 19.9 Å². The van der Waals surface area contributed by atoms with Crippen LogP contribution < -0.4 is 0 Å². The highest BCUT2D eigenvalue weighted by Gasteiger charge is 2.61. The summed E-state index contributed by atoms with van der Waals surface area (Å²) in [6, 6.07) is 2.19. The highest BCUT2D eigenvalue weighted by Crippen LogP contribution is 2.58. The van der Waals surface area contributed by atoms with E-state index in [9.17, 15) is 9.59 Å². The number of rotatable bonds is 5. The number of aryl methyl sites for hydroxylation is 2. The molecule has 1 amide bonds. The normalized spacial score (nSPS) is 23.9. The maximum atomic E-state index is 13.4. The van der Waals surface area contributed by atoms with Crippen LogP contribution in [0, 0.1) is 19.3 Å². The van der Waals surface area contributed by atoms with E-state index >= 15 is 0 Å². The molecule has 5 rings (SSSR count). The van der Waals surface area contributed by atoms with Gasteiger partial charge in [0.05, 0.1) is 24.6 Å². The summed E-state index contributed by atoms with van der Waals surface area (Å²) < 4.78 is 1.66. The lowest BCUT2D eigenvalue weighted by Crippen LogP contribution is -2.43. The number of likely N-dealkylation sites (tertiary alicyclic amines) is 1. The van der Waals surface area contributed by atoms with Crippen molar-refractivity contribution in [1.82, 2.24) is 29.6 Å². The summed E-state index contributed by atoms with van der Waals surface area (Å²) in [4.78, 5) is 41.1. The quantitative estimate of drug-likeness (QED) is 0.445. The number of hydrogen-bond acceptors (Lipinski definition) is 6.